The van der Waals surface area contributed by atoms with E-state index in [1.165, 1.54) is 4.90 Å². The molecule has 1 N–H and O–H groups in total. The second kappa shape index (κ2) is 6.31. The lowest BCUT2D eigenvalue weighted by Crippen LogP contribution is -2.39. The highest BCUT2D eigenvalue weighted by molar-refractivity contribution is 8.00. The summed E-state index contributed by atoms with van der Waals surface area (Å²) in [5.41, 5.74) is 0.184. The van der Waals surface area contributed by atoms with Crippen LogP contribution < -0.4 is 10.1 Å². The third kappa shape index (κ3) is 5.99. The second-order valence-electron chi connectivity index (χ2n) is 5.24. The number of hydrogen-bond donors (Lipinski definition) is 1. The Kier molecular flexibility index (Phi) is 5.34. The first-order valence-electron chi connectivity index (χ1n) is 5.96. The molecule has 1 atom stereocenters. The van der Waals surface area contributed by atoms with Crippen molar-refractivity contribution < 1.29 is 4.74 Å². The Labute approximate surface area is 109 Å². The summed E-state index contributed by atoms with van der Waals surface area (Å²) < 4.78 is 5.22. The van der Waals surface area contributed by atoms with Gasteiger partial charge in [-0.05, 0) is 39.0 Å². The minimum Gasteiger partial charge on any atom is -0.497 e. The van der Waals surface area contributed by atoms with Crippen LogP contribution >= 0.6 is 11.8 Å². The zero-order valence-corrected chi connectivity index (χ0v) is 12.2. The fourth-order valence-corrected chi connectivity index (χ4v) is 2.37. The SMILES string of the molecule is COc1cccc(SC(C)CNC(C)(C)C)c1. The van der Waals surface area contributed by atoms with Gasteiger partial charge in [0, 0.05) is 22.2 Å². The predicted octanol–water partition coefficient (Wildman–Crippen LogP) is 3.56. The Morgan fingerprint density at radius 3 is 2.65 bits per heavy atom. The topological polar surface area (TPSA) is 21.3 Å². The number of benzene rings is 1. The molecule has 0 saturated heterocycles. The highest BCUT2D eigenvalue weighted by Crippen LogP contribution is 2.26. The van der Waals surface area contributed by atoms with Gasteiger partial charge in [-0.25, -0.2) is 0 Å². The average molecular weight is 253 g/mol. The van der Waals surface area contributed by atoms with Gasteiger partial charge in [-0.2, -0.15) is 0 Å². The van der Waals surface area contributed by atoms with Crippen molar-refractivity contribution in [1.82, 2.24) is 5.32 Å². The third-order valence-corrected chi connectivity index (χ3v) is 3.39. The Morgan fingerprint density at radius 1 is 1.35 bits per heavy atom. The van der Waals surface area contributed by atoms with Gasteiger partial charge in [-0.15, -0.1) is 11.8 Å². The van der Waals surface area contributed by atoms with E-state index in [4.69, 9.17) is 4.74 Å². The molecule has 0 aromatic heterocycles. The van der Waals surface area contributed by atoms with Crippen molar-refractivity contribution in [2.24, 2.45) is 0 Å². The molecule has 0 aliphatic carbocycles. The summed E-state index contributed by atoms with van der Waals surface area (Å²) >= 11 is 1.87. The molecule has 0 bridgehead atoms. The van der Waals surface area contributed by atoms with Crippen LogP contribution in [0.5, 0.6) is 5.75 Å². The first-order chi connectivity index (χ1) is 7.90. The van der Waals surface area contributed by atoms with Crippen molar-refractivity contribution in [3.05, 3.63) is 24.3 Å². The first kappa shape index (κ1) is 14.4. The molecule has 17 heavy (non-hydrogen) atoms. The highest BCUT2D eigenvalue weighted by atomic mass is 32.2. The van der Waals surface area contributed by atoms with Gasteiger partial charge in [0.05, 0.1) is 7.11 Å². The molecule has 0 heterocycles. The van der Waals surface area contributed by atoms with Crippen LogP contribution in [-0.4, -0.2) is 24.4 Å². The lowest BCUT2D eigenvalue weighted by atomic mass is 10.1. The van der Waals surface area contributed by atoms with Crippen LogP contribution in [0.25, 0.3) is 0 Å². The molecule has 1 aromatic rings. The van der Waals surface area contributed by atoms with E-state index in [1.54, 1.807) is 7.11 Å². The van der Waals surface area contributed by atoms with E-state index in [-0.39, 0.29) is 5.54 Å². The molecule has 3 heteroatoms. The third-order valence-electron chi connectivity index (χ3n) is 2.30. The van der Waals surface area contributed by atoms with Crippen LogP contribution in [0, 0.1) is 0 Å². The lowest BCUT2D eigenvalue weighted by molar-refractivity contribution is 0.413. The van der Waals surface area contributed by atoms with Crippen LogP contribution in [-0.2, 0) is 0 Å². The Balaban J connectivity index is 2.47. The number of hydrogen-bond acceptors (Lipinski definition) is 3. The van der Waals surface area contributed by atoms with Crippen LogP contribution in [0.4, 0.5) is 0 Å². The van der Waals surface area contributed by atoms with Crippen molar-refractivity contribution in [1.29, 1.82) is 0 Å². The zero-order valence-electron chi connectivity index (χ0n) is 11.4. The molecule has 1 unspecified atom stereocenters. The summed E-state index contributed by atoms with van der Waals surface area (Å²) in [5.74, 6) is 0.922. The van der Waals surface area contributed by atoms with Crippen LogP contribution in [0.1, 0.15) is 27.7 Å². The predicted molar refractivity (Wildman–Crippen MR) is 76.1 cm³/mol. The molecule has 1 rings (SSSR count). The van der Waals surface area contributed by atoms with E-state index < -0.39 is 0 Å². The van der Waals surface area contributed by atoms with Gasteiger partial charge < -0.3 is 10.1 Å². The number of methoxy groups -OCH3 is 1. The average Bonchev–Trinajstić information content (AvgIpc) is 2.26. The molecule has 96 valence electrons. The molecule has 0 radical (unpaired) electrons. The number of nitrogens with one attached hydrogen (secondary N) is 1. The normalized spacial score (nSPS) is 13.5. The van der Waals surface area contributed by atoms with Gasteiger partial charge in [0.1, 0.15) is 5.75 Å². The minimum atomic E-state index is 0.184. The quantitative estimate of drug-likeness (QED) is 0.811. The summed E-state index contributed by atoms with van der Waals surface area (Å²) in [5, 5.41) is 4.06. The van der Waals surface area contributed by atoms with Gasteiger partial charge in [-0.3, -0.25) is 0 Å². The molecule has 0 aliphatic rings. The van der Waals surface area contributed by atoms with Crippen LogP contribution in [0.3, 0.4) is 0 Å². The van der Waals surface area contributed by atoms with Crippen molar-refractivity contribution in [2.45, 2.75) is 43.4 Å². The Bertz CT molecular complexity index is 346. The standard InChI is InChI=1S/C14H23NOS/c1-11(10-15-14(2,3)4)17-13-8-6-7-12(9-13)16-5/h6-9,11,15H,10H2,1-5H3. The van der Waals surface area contributed by atoms with Gasteiger partial charge in [0.15, 0.2) is 0 Å². The molecule has 0 amide bonds. The maximum atomic E-state index is 5.22. The highest BCUT2D eigenvalue weighted by Gasteiger charge is 2.11. The fraction of sp³-hybridized carbons (Fsp3) is 0.571. The second-order valence-corrected chi connectivity index (χ2v) is 6.75. The maximum Gasteiger partial charge on any atom is 0.119 e. The fourth-order valence-electron chi connectivity index (χ4n) is 1.40. The number of thioether (sulfide) groups is 1. The van der Waals surface area contributed by atoms with E-state index in [2.05, 4.69) is 45.1 Å². The molecule has 0 saturated carbocycles. The summed E-state index contributed by atoms with van der Waals surface area (Å²) in [7, 11) is 1.70. The van der Waals surface area contributed by atoms with Crippen molar-refractivity contribution in [3.63, 3.8) is 0 Å². The molecular formula is C14H23NOS. The zero-order chi connectivity index (χ0) is 12.9. The van der Waals surface area contributed by atoms with Crippen molar-refractivity contribution in [2.75, 3.05) is 13.7 Å². The molecule has 2 nitrogen and oxygen atoms in total. The van der Waals surface area contributed by atoms with E-state index in [9.17, 15) is 0 Å². The summed E-state index contributed by atoms with van der Waals surface area (Å²) in [4.78, 5) is 1.26. The van der Waals surface area contributed by atoms with E-state index in [1.807, 2.05) is 23.9 Å². The first-order valence-corrected chi connectivity index (χ1v) is 6.84. The maximum absolute atomic E-state index is 5.22. The number of ether oxygens (including phenoxy) is 1. The Hall–Kier alpha value is -0.670. The number of rotatable bonds is 5. The monoisotopic (exact) mass is 253 g/mol. The van der Waals surface area contributed by atoms with Gasteiger partial charge in [0.2, 0.25) is 0 Å². The van der Waals surface area contributed by atoms with Gasteiger partial charge in [0.25, 0.3) is 0 Å². The van der Waals surface area contributed by atoms with Gasteiger partial charge in [-0.1, -0.05) is 13.0 Å². The summed E-state index contributed by atoms with van der Waals surface area (Å²) in [6, 6.07) is 8.21. The molecular weight excluding hydrogens is 230 g/mol. The minimum absolute atomic E-state index is 0.184. The van der Waals surface area contributed by atoms with E-state index in [0.29, 0.717) is 5.25 Å². The smallest absolute Gasteiger partial charge is 0.119 e. The van der Waals surface area contributed by atoms with Gasteiger partial charge >= 0.3 is 0 Å². The molecule has 0 fully saturated rings. The molecule has 0 spiro atoms. The summed E-state index contributed by atoms with van der Waals surface area (Å²) in [6.07, 6.45) is 0. The van der Waals surface area contributed by atoms with E-state index in [0.717, 1.165) is 12.3 Å². The van der Waals surface area contributed by atoms with E-state index >= 15 is 0 Å². The molecule has 1 aromatic carbocycles. The lowest BCUT2D eigenvalue weighted by Gasteiger charge is -2.23. The van der Waals surface area contributed by atoms with Crippen LogP contribution in [0.2, 0.25) is 0 Å². The van der Waals surface area contributed by atoms with Crippen molar-refractivity contribution >= 4 is 11.8 Å². The summed E-state index contributed by atoms with van der Waals surface area (Å²) in [6.45, 7) is 9.82. The molecule has 0 aliphatic heterocycles. The Morgan fingerprint density at radius 2 is 2.06 bits per heavy atom. The largest absolute Gasteiger partial charge is 0.497 e. The van der Waals surface area contributed by atoms with Crippen LogP contribution in [0.15, 0.2) is 29.2 Å². The van der Waals surface area contributed by atoms with Crippen molar-refractivity contribution in [3.8, 4) is 5.75 Å².